The Morgan fingerprint density at radius 1 is 1.16 bits per heavy atom. The number of rotatable bonds is 3. The molecule has 0 fully saturated rings. The van der Waals surface area contributed by atoms with Crippen LogP contribution in [0.25, 0.3) is 22.2 Å². The molecule has 0 aliphatic heterocycles. The Labute approximate surface area is 112 Å². The Balaban J connectivity index is 2.07. The summed E-state index contributed by atoms with van der Waals surface area (Å²) in [6.45, 7) is 5.22. The lowest BCUT2D eigenvalue weighted by atomic mass is 10.1. The zero-order valence-electron chi connectivity index (χ0n) is 11.3. The molecule has 96 valence electrons. The smallest absolute Gasteiger partial charge is 0.0704 e. The van der Waals surface area contributed by atoms with E-state index < -0.39 is 0 Å². The van der Waals surface area contributed by atoms with Crippen LogP contribution in [0.2, 0.25) is 0 Å². The number of benzene rings is 1. The molecule has 3 rings (SSSR count). The van der Waals surface area contributed by atoms with Crippen LogP contribution in [-0.2, 0) is 6.54 Å². The third-order valence-electron chi connectivity index (χ3n) is 3.29. The second-order valence-electron chi connectivity index (χ2n) is 4.86. The number of aromatic nitrogens is 3. The van der Waals surface area contributed by atoms with E-state index in [0.29, 0.717) is 0 Å². The lowest BCUT2D eigenvalue weighted by molar-refractivity contribution is 0.622. The Bertz CT molecular complexity index is 713. The van der Waals surface area contributed by atoms with Crippen molar-refractivity contribution in [2.75, 3.05) is 0 Å². The molecular formula is C16H17N3. The van der Waals surface area contributed by atoms with Crippen molar-refractivity contribution in [3.8, 4) is 11.3 Å². The van der Waals surface area contributed by atoms with Gasteiger partial charge in [0.2, 0.25) is 0 Å². The van der Waals surface area contributed by atoms with Crippen molar-refractivity contribution in [1.29, 1.82) is 0 Å². The quantitative estimate of drug-likeness (QED) is 0.708. The van der Waals surface area contributed by atoms with Crippen LogP contribution in [0, 0.1) is 6.92 Å². The molecule has 19 heavy (non-hydrogen) atoms. The maximum absolute atomic E-state index is 4.43. The van der Waals surface area contributed by atoms with Crippen LogP contribution in [0.3, 0.4) is 0 Å². The molecule has 3 heteroatoms. The fourth-order valence-corrected chi connectivity index (χ4v) is 2.33. The maximum Gasteiger partial charge on any atom is 0.0704 e. The summed E-state index contributed by atoms with van der Waals surface area (Å²) in [6, 6.07) is 10.5. The summed E-state index contributed by atoms with van der Waals surface area (Å²) >= 11 is 0. The van der Waals surface area contributed by atoms with Crippen LogP contribution in [0.15, 0.2) is 42.7 Å². The highest BCUT2D eigenvalue weighted by atomic mass is 15.3. The van der Waals surface area contributed by atoms with E-state index in [1.165, 1.54) is 16.5 Å². The van der Waals surface area contributed by atoms with E-state index in [9.17, 15) is 0 Å². The monoisotopic (exact) mass is 251 g/mol. The lowest BCUT2D eigenvalue weighted by Gasteiger charge is -2.04. The van der Waals surface area contributed by atoms with E-state index >= 15 is 0 Å². The van der Waals surface area contributed by atoms with Crippen LogP contribution in [-0.4, -0.2) is 14.8 Å². The zero-order chi connectivity index (χ0) is 13.2. The Hall–Kier alpha value is -2.16. The van der Waals surface area contributed by atoms with Crippen molar-refractivity contribution in [1.82, 2.24) is 14.8 Å². The summed E-state index contributed by atoms with van der Waals surface area (Å²) in [5.41, 5.74) is 4.59. The van der Waals surface area contributed by atoms with Crippen LogP contribution < -0.4 is 0 Å². The number of hydrogen-bond acceptors (Lipinski definition) is 2. The van der Waals surface area contributed by atoms with Gasteiger partial charge in [-0.2, -0.15) is 5.10 Å². The number of fused-ring (bicyclic) bond motifs is 1. The third kappa shape index (κ3) is 2.24. The fourth-order valence-electron chi connectivity index (χ4n) is 2.33. The van der Waals surface area contributed by atoms with E-state index in [1.54, 1.807) is 0 Å². The summed E-state index contributed by atoms with van der Waals surface area (Å²) in [5.74, 6) is 0. The van der Waals surface area contributed by atoms with Crippen molar-refractivity contribution >= 4 is 10.9 Å². The number of hydrogen-bond donors (Lipinski definition) is 0. The summed E-state index contributed by atoms with van der Waals surface area (Å²) < 4.78 is 2.06. The van der Waals surface area contributed by atoms with Gasteiger partial charge in [0.1, 0.15) is 0 Å². The topological polar surface area (TPSA) is 30.7 Å². The van der Waals surface area contributed by atoms with Gasteiger partial charge in [0.05, 0.1) is 17.4 Å². The maximum atomic E-state index is 4.43. The zero-order valence-corrected chi connectivity index (χ0v) is 11.3. The second kappa shape index (κ2) is 4.84. The fraction of sp³-hybridized carbons (Fsp3) is 0.250. The minimum Gasteiger partial charge on any atom is -0.265 e. The highest BCUT2D eigenvalue weighted by Gasteiger charge is 2.05. The molecule has 0 N–H and O–H groups in total. The summed E-state index contributed by atoms with van der Waals surface area (Å²) in [4.78, 5) is 4.43. The van der Waals surface area contributed by atoms with Crippen molar-refractivity contribution in [3.05, 3.63) is 48.3 Å². The lowest BCUT2D eigenvalue weighted by Crippen LogP contribution is -1.97. The van der Waals surface area contributed by atoms with Gasteiger partial charge in [0.15, 0.2) is 0 Å². The summed E-state index contributed by atoms with van der Waals surface area (Å²) in [5, 5.41) is 5.61. The largest absolute Gasteiger partial charge is 0.265 e. The first-order valence-corrected chi connectivity index (χ1v) is 6.66. The highest BCUT2D eigenvalue weighted by Crippen LogP contribution is 2.23. The molecule has 0 radical (unpaired) electrons. The number of aryl methyl sites for hydroxylation is 2. The van der Waals surface area contributed by atoms with Crippen molar-refractivity contribution < 1.29 is 0 Å². The van der Waals surface area contributed by atoms with E-state index in [-0.39, 0.29) is 0 Å². The predicted molar refractivity (Wildman–Crippen MR) is 78.0 cm³/mol. The molecule has 0 aliphatic carbocycles. The first kappa shape index (κ1) is 11.9. The van der Waals surface area contributed by atoms with Crippen molar-refractivity contribution in [2.24, 2.45) is 0 Å². The molecular weight excluding hydrogens is 234 g/mol. The Kier molecular flexibility index (Phi) is 3.03. The van der Waals surface area contributed by atoms with Gasteiger partial charge in [-0.1, -0.05) is 13.0 Å². The molecule has 0 aliphatic rings. The number of pyridine rings is 1. The number of nitrogens with zero attached hydrogens (tertiary/aromatic N) is 3. The molecule has 0 bridgehead atoms. The molecule has 0 saturated heterocycles. The summed E-state index contributed by atoms with van der Waals surface area (Å²) in [7, 11) is 0. The van der Waals surface area contributed by atoms with Crippen LogP contribution in [0.5, 0.6) is 0 Å². The molecule has 3 nitrogen and oxygen atoms in total. The van der Waals surface area contributed by atoms with Gasteiger partial charge in [0, 0.05) is 23.7 Å². The standard InChI is InChI=1S/C16H17N3/c1-3-8-19-16-5-4-13(10-14(16)11-18-19)15-9-12(2)6-7-17-15/h4-7,9-11H,3,8H2,1-2H3. The molecule has 2 heterocycles. The van der Waals surface area contributed by atoms with Crippen molar-refractivity contribution in [2.45, 2.75) is 26.8 Å². The highest BCUT2D eigenvalue weighted by molar-refractivity contribution is 5.83. The average molecular weight is 251 g/mol. The van der Waals surface area contributed by atoms with Gasteiger partial charge in [-0.15, -0.1) is 0 Å². The molecule has 0 unspecified atom stereocenters. The average Bonchev–Trinajstić information content (AvgIpc) is 2.82. The molecule has 0 saturated carbocycles. The van der Waals surface area contributed by atoms with Gasteiger partial charge in [-0.05, 0) is 43.2 Å². The minimum absolute atomic E-state index is 0.964. The minimum atomic E-state index is 0.964. The SMILES string of the molecule is CCCn1ncc2cc(-c3cc(C)ccn3)ccc21. The van der Waals surface area contributed by atoms with Gasteiger partial charge < -0.3 is 0 Å². The normalized spacial score (nSPS) is 11.1. The van der Waals surface area contributed by atoms with E-state index in [1.807, 2.05) is 18.5 Å². The van der Waals surface area contributed by atoms with Crippen molar-refractivity contribution in [3.63, 3.8) is 0 Å². The molecule has 3 aromatic rings. The molecule has 1 aromatic carbocycles. The summed E-state index contributed by atoms with van der Waals surface area (Å²) in [6.07, 6.45) is 4.89. The Morgan fingerprint density at radius 2 is 2.05 bits per heavy atom. The molecule has 0 amide bonds. The molecule has 2 aromatic heterocycles. The van der Waals surface area contributed by atoms with Crippen LogP contribution >= 0.6 is 0 Å². The molecule has 0 atom stereocenters. The van der Waals surface area contributed by atoms with E-state index in [4.69, 9.17) is 0 Å². The third-order valence-corrected chi connectivity index (χ3v) is 3.29. The van der Waals surface area contributed by atoms with Gasteiger partial charge >= 0.3 is 0 Å². The predicted octanol–water partition coefficient (Wildman–Crippen LogP) is 3.82. The van der Waals surface area contributed by atoms with E-state index in [2.05, 4.69) is 52.9 Å². The van der Waals surface area contributed by atoms with Gasteiger partial charge in [-0.3, -0.25) is 9.67 Å². The second-order valence-corrected chi connectivity index (χ2v) is 4.86. The first-order valence-electron chi connectivity index (χ1n) is 6.66. The molecule has 0 spiro atoms. The van der Waals surface area contributed by atoms with Gasteiger partial charge in [0.25, 0.3) is 0 Å². The van der Waals surface area contributed by atoms with Crippen LogP contribution in [0.4, 0.5) is 0 Å². The Morgan fingerprint density at radius 3 is 2.84 bits per heavy atom. The van der Waals surface area contributed by atoms with E-state index in [0.717, 1.165) is 24.2 Å². The first-order chi connectivity index (χ1) is 9.28. The van der Waals surface area contributed by atoms with Gasteiger partial charge in [-0.25, -0.2) is 0 Å². The van der Waals surface area contributed by atoms with Crippen LogP contribution in [0.1, 0.15) is 18.9 Å².